The number of nitrogens with zero attached hydrogens (tertiary/aromatic N) is 3. The summed E-state index contributed by atoms with van der Waals surface area (Å²) in [5, 5.41) is 5.45. The molecule has 2 atom stereocenters. The Bertz CT molecular complexity index is 921. The second-order valence-electron chi connectivity index (χ2n) is 7.19. The first-order valence-corrected chi connectivity index (χ1v) is 9.90. The summed E-state index contributed by atoms with van der Waals surface area (Å²) < 4.78 is 10.7. The molecule has 0 spiro atoms. The molecule has 9 heteroatoms. The second kappa shape index (κ2) is 9.53. The number of amides is 2. The predicted molar refractivity (Wildman–Crippen MR) is 118 cm³/mol. The Morgan fingerprint density at radius 3 is 2.63 bits per heavy atom. The second-order valence-corrected chi connectivity index (χ2v) is 7.19. The Kier molecular flexibility index (Phi) is 6.83. The normalized spacial score (nSPS) is 18.6. The van der Waals surface area contributed by atoms with Crippen LogP contribution in [0.5, 0.6) is 0 Å². The van der Waals surface area contributed by atoms with Crippen LogP contribution in [0.15, 0.2) is 30.7 Å². The van der Waals surface area contributed by atoms with Gasteiger partial charge in [-0.25, -0.2) is 14.6 Å². The van der Waals surface area contributed by atoms with E-state index in [0.717, 1.165) is 16.8 Å². The Hall–Kier alpha value is -3.20. The lowest BCUT2D eigenvalue weighted by atomic mass is 10.0. The molecule has 0 radical (unpaired) electrons. The van der Waals surface area contributed by atoms with Crippen molar-refractivity contribution in [2.75, 3.05) is 37.0 Å². The fourth-order valence-corrected chi connectivity index (χ4v) is 3.51. The van der Waals surface area contributed by atoms with Crippen molar-refractivity contribution >= 4 is 23.5 Å². The molecule has 2 N–H and O–H groups in total. The number of carbonyl (C=O) groups excluding carboxylic acids is 2. The number of nitrogens with one attached hydrogen (secondary N) is 2. The first kappa shape index (κ1) is 21.5. The van der Waals surface area contributed by atoms with Crippen molar-refractivity contribution in [2.24, 2.45) is 0 Å². The Labute approximate surface area is 178 Å². The summed E-state index contributed by atoms with van der Waals surface area (Å²) in [6.45, 7) is 7.78. The number of anilines is 2. The van der Waals surface area contributed by atoms with Crippen LogP contribution in [0.4, 0.5) is 16.3 Å². The lowest BCUT2D eigenvalue weighted by molar-refractivity contribution is -0.00519. The lowest BCUT2D eigenvalue weighted by Crippen LogP contribution is -2.45. The summed E-state index contributed by atoms with van der Waals surface area (Å²) in [5.74, 6) is -0.0226. The maximum absolute atomic E-state index is 12.0. The van der Waals surface area contributed by atoms with Crippen LogP contribution in [0, 0.1) is 0 Å². The molecule has 30 heavy (non-hydrogen) atoms. The molecule has 2 unspecified atom stereocenters. The van der Waals surface area contributed by atoms with E-state index in [-0.39, 0.29) is 21.1 Å². The van der Waals surface area contributed by atoms with Crippen molar-refractivity contribution in [3.05, 3.63) is 36.3 Å². The minimum absolute atomic E-state index is 0. The van der Waals surface area contributed by atoms with Gasteiger partial charge in [0.2, 0.25) is 0 Å². The highest BCUT2D eigenvalue weighted by atomic mass is 16.5. The number of pyridine rings is 2. The van der Waals surface area contributed by atoms with E-state index in [9.17, 15) is 9.59 Å². The van der Waals surface area contributed by atoms with E-state index in [0.29, 0.717) is 31.0 Å². The smallest absolute Gasteiger partial charge is 0.339 e. The summed E-state index contributed by atoms with van der Waals surface area (Å²) >= 11 is 0. The summed E-state index contributed by atoms with van der Waals surface area (Å²) in [7, 11) is 1.33. The lowest BCUT2D eigenvalue weighted by Gasteiger charge is -2.37. The van der Waals surface area contributed by atoms with Crippen molar-refractivity contribution in [2.45, 2.75) is 33.0 Å². The van der Waals surface area contributed by atoms with Gasteiger partial charge in [0.1, 0.15) is 5.82 Å². The van der Waals surface area contributed by atoms with Gasteiger partial charge in [0.25, 0.3) is 0 Å². The van der Waals surface area contributed by atoms with Crippen LogP contribution in [-0.2, 0) is 9.47 Å². The molecule has 1 aliphatic heterocycles. The molecule has 3 heterocycles. The van der Waals surface area contributed by atoms with Crippen molar-refractivity contribution in [1.29, 1.82) is 0 Å². The van der Waals surface area contributed by atoms with E-state index in [2.05, 4.69) is 25.5 Å². The highest BCUT2D eigenvalue weighted by Crippen LogP contribution is 2.34. The maximum atomic E-state index is 12.0. The van der Waals surface area contributed by atoms with E-state index in [4.69, 9.17) is 9.47 Å². The van der Waals surface area contributed by atoms with Gasteiger partial charge in [0.05, 0.1) is 30.6 Å². The van der Waals surface area contributed by atoms with Crippen LogP contribution in [0.1, 0.15) is 34.0 Å². The molecule has 9 nitrogen and oxygen atoms in total. The van der Waals surface area contributed by atoms with Gasteiger partial charge >= 0.3 is 12.0 Å². The summed E-state index contributed by atoms with van der Waals surface area (Å²) in [4.78, 5) is 34.7. The monoisotopic (exact) mass is 417 g/mol. The van der Waals surface area contributed by atoms with Gasteiger partial charge in [-0.2, -0.15) is 0 Å². The first-order valence-electron chi connectivity index (χ1n) is 9.90. The number of methoxy groups -OCH3 is 1. The minimum Gasteiger partial charge on any atom is -0.465 e. The first-order chi connectivity index (χ1) is 14.4. The highest BCUT2D eigenvalue weighted by Gasteiger charge is 2.25. The fourth-order valence-electron chi connectivity index (χ4n) is 3.51. The average Bonchev–Trinajstić information content (AvgIpc) is 2.72. The van der Waals surface area contributed by atoms with Crippen molar-refractivity contribution in [1.82, 2.24) is 15.3 Å². The molecule has 2 amide bonds. The van der Waals surface area contributed by atoms with Gasteiger partial charge in [0, 0.05) is 58.3 Å². The number of rotatable bonds is 5. The number of esters is 1. The van der Waals surface area contributed by atoms with Crippen LogP contribution in [0.3, 0.4) is 0 Å². The SMILES string of the molecule is CCNC(=O)Nc1cc(N2CC(C)OC(C)C2)c(-c2cncc(C(=O)OC)c2)cn1.[HH].[HH]. The van der Waals surface area contributed by atoms with E-state index in [1.54, 1.807) is 18.5 Å². The third-order valence-electron chi connectivity index (χ3n) is 4.69. The molecule has 1 saturated heterocycles. The number of ether oxygens (including phenoxy) is 2. The zero-order valence-electron chi connectivity index (χ0n) is 17.6. The zero-order valence-corrected chi connectivity index (χ0v) is 17.6. The quantitative estimate of drug-likeness (QED) is 0.720. The molecular formula is C21H31N5O4. The summed E-state index contributed by atoms with van der Waals surface area (Å²) in [6, 6.07) is 3.24. The van der Waals surface area contributed by atoms with E-state index < -0.39 is 5.97 Å². The largest absolute Gasteiger partial charge is 0.465 e. The molecular weight excluding hydrogens is 386 g/mol. The third-order valence-corrected chi connectivity index (χ3v) is 4.69. The van der Waals surface area contributed by atoms with Crippen molar-refractivity contribution in [3.63, 3.8) is 0 Å². The zero-order chi connectivity index (χ0) is 21.7. The predicted octanol–water partition coefficient (Wildman–Crippen LogP) is 3.18. The van der Waals surface area contributed by atoms with Crippen LogP contribution in [-0.4, -0.2) is 60.9 Å². The number of hydrogen-bond acceptors (Lipinski definition) is 7. The van der Waals surface area contributed by atoms with Gasteiger partial charge in [0.15, 0.2) is 0 Å². The highest BCUT2D eigenvalue weighted by molar-refractivity contribution is 5.92. The van der Waals surface area contributed by atoms with Crippen molar-refractivity contribution in [3.8, 4) is 11.1 Å². The topological polar surface area (TPSA) is 106 Å². The van der Waals surface area contributed by atoms with Crippen LogP contribution >= 0.6 is 0 Å². The number of urea groups is 1. The minimum atomic E-state index is -0.456. The van der Waals surface area contributed by atoms with Gasteiger partial charge in [-0.1, -0.05) is 0 Å². The average molecular weight is 418 g/mol. The number of morpholine rings is 1. The van der Waals surface area contributed by atoms with Crippen LogP contribution in [0.2, 0.25) is 0 Å². The van der Waals surface area contributed by atoms with Crippen molar-refractivity contribution < 1.29 is 21.9 Å². The standard InChI is InChI=1S/C21H27N5O4.2H2/c1-5-23-21(28)25-19-7-18(26-11-13(2)30-14(3)12-26)17(10-24-19)15-6-16(9-22-8-15)20(27)29-4;;/h6-10,13-14H,5,11-12H2,1-4H3,(H2,23,24,25,28);2*1H. The van der Waals surface area contributed by atoms with Gasteiger partial charge in [-0.15, -0.1) is 0 Å². The van der Waals surface area contributed by atoms with Gasteiger partial charge < -0.3 is 19.7 Å². The molecule has 3 rings (SSSR count). The van der Waals surface area contributed by atoms with E-state index in [1.165, 1.54) is 13.3 Å². The molecule has 2 aromatic heterocycles. The molecule has 164 valence electrons. The fraction of sp³-hybridized carbons (Fsp3) is 0.429. The molecule has 0 aliphatic carbocycles. The number of carbonyl (C=O) groups is 2. The number of aromatic nitrogens is 2. The summed E-state index contributed by atoms with van der Waals surface area (Å²) in [5.41, 5.74) is 2.77. The van der Waals surface area contributed by atoms with Crippen LogP contribution < -0.4 is 15.5 Å². The summed E-state index contributed by atoms with van der Waals surface area (Å²) in [6.07, 6.45) is 4.92. The Morgan fingerprint density at radius 1 is 1.23 bits per heavy atom. The molecule has 0 aromatic carbocycles. The maximum Gasteiger partial charge on any atom is 0.339 e. The number of hydrogen-bond donors (Lipinski definition) is 2. The van der Waals surface area contributed by atoms with Gasteiger partial charge in [-0.05, 0) is 26.8 Å². The molecule has 1 fully saturated rings. The Balaban J connectivity index is 0.00000256. The third kappa shape index (κ3) is 5.04. The molecule has 0 saturated carbocycles. The Morgan fingerprint density at radius 2 is 1.97 bits per heavy atom. The molecule has 1 aliphatic rings. The van der Waals surface area contributed by atoms with Crippen LogP contribution in [0.25, 0.3) is 11.1 Å². The van der Waals surface area contributed by atoms with E-state index >= 15 is 0 Å². The van der Waals surface area contributed by atoms with E-state index in [1.807, 2.05) is 26.8 Å². The molecule has 0 bridgehead atoms. The van der Waals surface area contributed by atoms with Gasteiger partial charge in [-0.3, -0.25) is 10.3 Å². The molecule has 2 aromatic rings.